The van der Waals surface area contributed by atoms with Crippen LogP contribution >= 0.6 is 0 Å². The molecule has 0 aromatic heterocycles. The second-order valence-electron chi connectivity index (χ2n) is 5.77. The topological polar surface area (TPSA) is 64.4 Å². The lowest BCUT2D eigenvalue weighted by Gasteiger charge is -2.46. The maximum atomic E-state index is 12.5. The third-order valence-electron chi connectivity index (χ3n) is 4.68. The van der Waals surface area contributed by atoms with Crippen molar-refractivity contribution in [3.63, 3.8) is 0 Å². The molecule has 1 aliphatic carbocycles. The SMILES string of the molecule is CCC(C(=O)NC1C(N)C2CCOC21)c1ccccc1. The summed E-state index contributed by atoms with van der Waals surface area (Å²) >= 11 is 0. The van der Waals surface area contributed by atoms with Crippen LogP contribution < -0.4 is 11.1 Å². The predicted octanol–water partition coefficient (Wildman–Crippen LogP) is 1.41. The van der Waals surface area contributed by atoms with E-state index in [0.717, 1.165) is 25.0 Å². The first-order chi connectivity index (χ1) is 9.72. The summed E-state index contributed by atoms with van der Waals surface area (Å²) in [5.74, 6) is 0.383. The molecular formula is C16H22N2O2. The number of benzene rings is 1. The molecule has 3 rings (SSSR count). The lowest BCUT2D eigenvalue weighted by atomic mass is 9.72. The minimum atomic E-state index is -0.108. The monoisotopic (exact) mass is 274 g/mol. The molecule has 4 nitrogen and oxygen atoms in total. The second-order valence-corrected chi connectivity index (χ2v) is 5.77. The first kappa shape index (κ1) is 13.6. The molecule has 1 heterocycles. The van der Waals surface area contributed by atoms with Crippen LogP contribution in [0.25, 0.3) is 0 Å². The van der Waals surface area contributed by atoms with E-state index in [9.17, 15) is 4.79 Å². The van der Waals surface area contributed by atoms with Crippen molar-refractivity contribution in [2.45, 2.75) is 43.9 Å². The van der Waals surface area contributed by atoms with E-state index >= 15 is 0 Å². The van der Waals surface area contributed by atoms with Crippen LogP contribution in [-0.4, -0.2) is 30.7 Å². The normalized spacial score (nSPS) is 33.1. The molecule has 5 unspecified atom stereocenters. The number of nitrogens with one attached hydrogen (secondary N) is 1. The zero-order valence-corrected chi connectivity index (χ0v) is 11.8. The summed E-state index contributed by atoms with van der Waals surface area (Å²) in [6, 6.07) is 9.93. The number of hydrogen-bond donors (Lipinski definition) is 2. The van der Waals surface area contributed by atoms with Crippen molar-refractivity contribution < 1.29 is 9.53 Å². The van der Waals surface area contributed by atoms with E-state index in [0.29, 0.717) is 5.92 Å². The molecule has 1 aromatic carbocycles. The quantitative estimate of drug-likeness (QED) is 0.872. The molecule has 1 amide bonds. The van der Waals surface area contributed by atoms with Crippen molar-refractivity contribution in [1.82, 2.24) is 5.32 Å². The highest BCUT2D eigenvalue weighted by atomic mass is 16.5. The summed E-state index contributed by atoms with van der Waals surface area (Å²) in [5, 5.41) is 3.10. The summed E-state index contributed by atoms with van der Waals surface area (Å²) in [7, 11) is 0. The Balaban J connectivity index is 1.66. The van der Waals surface area contributed by atoms with Crippen molar-refractivity contribution in [1.29, 1.82) is 0 Å². The Hall–Kier alpha value is -1.39. The third-order valence-corrected chi connectivity index (χ3v) is 4.68. The van der Waals surface area contributed by atoms with Gasteiger partial charge in [0, 0.05) is 18.6 Å². The number of carbonyl (C=O) groups excluding carboxylic acids is 1. The minimum Gasteiger partial charge on any atom is -0.376 e. The molecule has 1 aliphatic heterocycles. The Morgan fingerprint density at radius 1 is 1.45 bits per heavy atom. The van der Waals surface area contributed by atoms with Crippen LogP contribution in [0.4, 0.5) is 0 Å². The van der Waals surface area contributed by atoms with Crippen molar-refractivity contribution in [3.8, 4) is 0 Å². The molecule has 108 valence electrons. The van der Waals surface area contributed by atoms with Gasteiger partial charge in [0.05, 0.1) is 18.1 Å². The number of ether oxygens (including phenoxy) is 1. The van der Waals surface area contributed by atoms with Gasteiger partial charge in [-0.15, -0.1) is 0 Å². The number of rotatable bonds is 4. The molecule has 4 heteroatoms. The third kappa shape index (κ3) is 2.23. The fourth-order valence-electron chi connectivity index (χ4n) is 3.45. The molecule has 0 bridgehead atoms. The van der Waals surface area contributed by atoms with Gasteiger partial charge in [-0.1, -0.05) is 37.3 Å². The van der Waals surface area contributed by atoms with Crippen molar-refractivity contribution in [2.75, 3.05) is 6.61 Å². The number of fused-ring (bicyclic) bond motifs is 1. The van der Waals surface area contributed by atoms with Gasteiger partial charge in [-0.3, -0.25) is 4.79 Å². The number of nitrogens with two attached hydrogens (primary N) is 1. The maximum absolute atomic E-state index is 12.5. The Morgan fingerprint density at radius 3 is 2.90 bits per heavy atom. The minimum absolute atomic E-state index is 0.0206. The largest absolute Gasteiger partial charge is 0.376 e. The zero-order chi connectivity index (χ0) is 14.1. The Kier molecular flexibility index (Phi) is 3.76. The lowest BCUT2D eigenvalue weighted by Crippen LogP contribution is -2.69. The predicted molar refractivity (Wildman–Crippen MR) is 77.2 cm³/mol. The molecule has 2 fully saturated rings. The molecule has 1 aromatic rings. The van der Waals surface area contributed by atoms with Gasteiger partial charge in [0.2, 0.25) is 5.91 Å². The van der Waals surface area contributed by atoms with Gasteiger partial charge in [0.25, 0.3) is 0 Å². The molecule has 3 N–H and O–H groups in total. The van der Waals surface area contributed by atoms with Gasteiger partial charge in [-0.2, -0.15) is 0 Å². The number of hydrogen-bond acceptors (Lipinski definition) is 3. The van der Waals surface area contributed by atoms with E-state index in [1.807, 2.05) is 37.3 Å². The Bertz CT molecular complexity index is 477. The molecule has 0 spiro atoms. The summed E-state index contributed by atoms with van der Waals surface area (Å²) in [6.07, 6.45) is 1.93. The van der Waals surface area contributed by atoms with Crippen molar-refractivity contribution in [3.05, 3.63) is 35.9 Å². The number of amides is 1. The van der Waals surface area contributed by atoms with E-state index in [1.54, 1.807) is 0 Å². The first-order valence-electron chi connectivity index (χ1n) is 7.45. The molecule has 0 radical (unpaired) electrons. The van der Waals surface area contributed by atoms with Crippen LogP contribution in [0, 0.1) is 5.92 Å². The van der Waals surface area contributed by atoms with Gasteiger partial charge >= 0.3 is 0 Å². The lowest BCUT2D eigenvalue weighted by molar-refractivity contribution is -0.127. The van der Waals surface area contributed by atoms with Crippen molar-refractivity contribution >= 4 is 5.91 Å². The Morgan fingerprint density at radius 2 is 2.20 bits per heavy atom. The first-order valence-corrected chi connectivity index (χ1v) is 7.45. The van der Waals surface area contributed by atoms with Crippen molar-refractivity contribution in [2.24, 2.45) is 11.7 Å². The van der Waals surface area contributed by atoms with Gasteiger partial charge < -0.3 is 15.8 Å². The average Bonchev–Trinajstić information content (AvgIpc) is 2.91. The van der Waals surface area contributed by atoms with E-state index in [4.69, 9.17) is 10.5 Å². The summed E-state index contributed by atoms with van der Waals surface area (Å²) < 4.78 is 5.66. The summed E-state index contributed by atoms with van der Waals surface area (Å²) in [4.78, 5) is 12.5. The van der Waals surface area contributed by atoms with Gasteiger partial charge in [-0.25, -0.2) is 0 Å². The fraction of sp³-hybridized carbons (Fsp3) is 0.562. The van der Waals surface area contributed by atoms with Crippen LogP contribution in [0.1, 0.15) is 31.2 Å². The van der Waals surface area contributed by atoms with E-state index in [1.165, 1.54) is 0 Å². The molecule has 5 atom stereocenters. The standard InChI is InChI=1S/C16H22N2O2/c1-2-11(10-6-4-3-5-7-10)16(19)18-14-13(17)12-8-9-20-15(12)14/h3-7,11-15H,2,8-9,17H2,1H3,(H,18,19). The van der Waals surface area contributed by atoms with Crippen LogP contribution in [0.15, 0.2) is 30.3 Å². The van der Waals surface area contributed by atoms with Crippen LogP contribution in [0.5, 0.6) is 0 Å². The fourth-order valence-corrected chi connectivity index (χ4v) is 3.45. The molecule has 1 saturated heterocycles. The molecule has 20 heavy (non-hydrogen) atoms. The van der Waals surface area contributed by atoms with Gasteiger partial charge in [0.15, 0.2) is 0 Å². The molecule has 2 aliphatic rings. The smallest absolute Gasteiger partial charge is 0.227 e. The van der Waals surface area contributed by atoms with E-state index in [-0.39, 0.29) is 30.0 Å². The maximum Gasteiger partial charge on any atom is 0.227 e. The van der Waals surface area contributed by atoms with Crippen LogP contribution in [-0.2, 0) is 9.53 Å². The summed E-state index contributed by atoms with van der Waals surface area (Å²) in [6.45, 7) is 2.80. The van der Waals surface area contributed by atoms with Crippen LogP contribution in [0.2, 0.25) is 0 Å². The van der Waals surface area contributed by atoms with Gasteiger partial charge in [0.1, 0.15) is 0 Å². The number of carbonyl (C=O) groups is 1. The Labute approximate surface area is 119 Å². The summed E-state index contributed by atoms with van der Waals surface area (Å²) in [5.41, 5.74) is 7.20. The zero-order valence-electron chi connectivity index (χ0n) is 11.8. The average molecular weight is 274 g/mol. The molecular weight excluding hydrogens is 252 g/mol. The highest BCUT2D eigenvalue weighted by Gasteiger charge is 2.52. The van der Waals surface area contributed by atoms with Crippen LogP contribution in [0.3, 0.4) is 0 Å². The highest BCUT2D eigenvalue weighted by Crippen LogP contribution is 2.38. The highest BCUT2D eigenvalue weighted by molar-refractivity contribution is 5.84. The van der Waals surface area contributed by atoms with Gasteiger partial charge in [-0.05, 0) is 18.4 Å². The van der Waals surface area contributed by atoms with E-state index in [2.05, 4.69) is 5.32 Å². The second kappa shape index (κ2) is 5.54. The molecule has 1 saturated carbocycles. The van der Waals surface area contributed by atoms with E-state index < -0.39 is 0 Å².